The molecule has 2 aromatic rings. The van der Waals surface area contributed by atoms with Crippen molar-refractivity contribution in [1.29, 1.82) is 0 Å². The van der Waals surface area contributed by atoms with Gasteiger partial charge in [-0.15, -0.1) is 0 Å². The number of anilines is 2. The maximum Gasteiger partial charge on any atom is 0.421 e. The average Bonchev–Trinajstić information content (AvgIpc) is 2.76. The molecule has 0 radical (unpaired) electrons. The number of phenolic OH excluding ortho intramolecular Hbond substituents is 2. The molecule has 0 aromatic heterocycles. The van der Waals surface area contributed by atoms with Gasteiger partial charge in [0.05, 0.1) is 11.4 Å². The molecule has 5 aliphatic carbocycles. The van der Waals surface area contributed by atoms with Crippen molar-refractivity contribution in [3.63, 3.8) is 0 Å². The summed E-state index contributed by atoms with van der Waals surface area (Å²) in [7, 11) is 0. The molecule has 0 amide bonds. The standard InChI is InChI=1S/C27H16F6N2O2/c28-26(29,30)25(27(31,32)33)11-3-1-2-8-14(11)20-15(8)16-9-4-6-12(34)23(36)18(9)21(16)17-10-5-7-13(35)24(37)19(10)22(17)20/h1,3-7,15-16,36-37H,2,34-35H2. The lowest BCUT2D eigenvalue weighted by atomic mass is 9.46. The number of nitrogens with two attached hydrogens (primary N) is 2. The molecular formula is C27H16F6N2O2. The summed E-state index contributed by atoms with van der Waals surface area (Å²) in [5, 5.41) is 21.5. The van der Waals surface area contributed by atoms with Crippen LogP contribution in [-0.4, -0.2) is 22.6 Å². The van der Waals surface area contributed by atoms with Gasteiger partial charge in [-0.05, 0) is 68.7 Å². The number of aromatic hydroxyl groups is 2. The van der Waals surface area contributed by atoms with Crippen LogP contribution in [0.15, 0.2) is 64.3 Å². The molecule has 0 bridgehead atoms. The predicted molar refractivity (Wildman–Crippen MR) is 125 cm³/mol. The quantitative estimate of drug-likeness (QED) is 0.187. The maximum absolute atomic E-state index is 13.8. The molecule has 2 unspecified atom stereocenters. The molecule has 0 saturated heterocycles. The van der Waals surface area contributed by atoms with Crippen LogP contribution >= 0.6 is 0 Å². The number of nitrogen functional groups attached to an aromatic ring is 2. The van der Waals surface area contributed by atoms with Gasteiger partial charge in [-0.1, -0.05) is 24.3 Å². The second-order valence-corrected chi connectivity index (χ2v) is 9.72. The van der Waals surface area contributed by atoms with Crippen LogP contribution in [0.2, 0.25) is 0 Å². The zero-order valence-electron chi connectivity index (χ0n) is 18.6. The van der Waals surface area contributed by atoms with Gasteiger partial charge in [0.2, 0.25) is 0 Å². The minimum Gasteiger partial charge on any atom is -0.505 e. The molecule has 0 heterocycles. The lowest BCUT2D eigenvalue weighted by molar-refractivity contribution is -0.172. The Morgan fingerprint density at radius 2 is 1.38 bits per heavy atom. The highest BCUT2D eigenvalue weighted by atomic mass is 19.4. The van der Waals surface area contributed by atoms with Gasteiger partial charge >= 0.3 is 12.4 Å². The lowest BCUT2D eigenvalue weighted by Crippen LogP contribution is -2.41. The minimum absolute atomic E-state index is 0.0368. The first kappa shape index (κ1) is 22.1. The van der Waals surface area contributed by atoms with E-state index in [1.807, 2.05) is 0 Å². The Labute approximate surface area is 205 Å². The van der Waals surface area contributed by atoms with E-state index in [9.17, 15) is 36.6 Å². The smallest absolute Gasteiger partial charge is 0.421 e. The molecule has 5 aliphatic rings. The van der Waals surface area contributed by atoms with Gasteiger partial charge in [0.25, 0.3) is 0 Å². The van der Waals surface area contributed by atoms with Crippen molar-refractivity contribution in [2.45, 2.75) is 24.7 Å². The Hall–Kier alpha value is -4.08. The van der Waals surface area contributed by atoms with E-state index in [0.29, 0.717) is 39.0 Å². The SMILES string of the molecule is Nc1ccc2c(c1O)C1=C3C4=C(CC=CC4=C(C(F)(F)F)C(F)(F)F)C3C3C(=C12)c1c3ccc(N)c1O. The molecular weight excluding hydrogens is 498 g/mol. The summed E-state index contributed by atoms with van der Waals surface area (Å²) in [6.45, 7) is 0. The molecule has 188 valence electrons. The number of halogens is 6. The van der Waals surface area contributed by atoms with E-state index in [0.717, 1.165) is 17.2 Å². The van der Waals surface area contributed by atoms with Crippen molar-refractivity contribution >= 4 is 28.1 Å². The van der Waals surface area contributed by atoms with Crippen molar-refractivity contribution in [2.75, 3.05) is 11.5 Å². The Balaban J connectivity index is 1.58. The van der Waals surface area contributed by atoms with Crippen LogP contribution in [0.4, 0.5) is 37.7 Å². The van der Waals surface area contributed by atoms with E-state index < -0.39 is 29.4 Å². The molecule has 37 heavy (non-hydrogen) atoms. The van der Waals surface area contributed by atoms with Crippen LogP contribution in [0.3, 0.4) is 0 Å². The molecule has 0 fully saturated rings. The van der Waals surface area contributed by atoms with Crippen LogP contribution in [0.5, 0.6) is 11.5 Å². The van der Waals surface area contributed by atoms with Crippen molar-refractivity contribution in [2.24, 2.45) is 5.92 Å². The number of allylic oxidation sites excluding steroid dienone is 10. The maximum atomic E-state index is 13.8. The Kier molecular flexibility index (Phi) is 3.84. The normalized spacial score (nSPS) is 22.7. The number of phenols is 2. The number of benzene rings is 2. The Morgan fingerprint density at radius 1 is 0.757 bits per heavy atom. The highest BCUT2D eigenvalue weighted by Gasteiger charge is 2.60. The second kappa shape index (κ2) is 6.42. The third kappa shape index (κ3) is 2.45. The van der Waals surface area contributed by atoms with Crippen LogP contribution in [0.25, 0.3) is 16.7 Å². The van der Waals surface area contributed by atoms with E-state index >= 15 is 0 Å². The number of hydrogen-bond donors (Lipinski definition) is 4. The third-order valence-corrected chi connectivity index (χ3v) is 8.01. The molecule has 2 atom stereocenters. The Bertz CT molecular complexity index is 1650. The van der Waals surface area contributed by atoms with Crippen LogP contribution in [-0.2, 0) is 0 Å². The summed E-state index contributed by atoms with van der Waals surface area (Å²) < 4.78 is 82.6. The molecule has 10 heteroatoms. The first-order chi connectivity index (χ1) is 17.3. The molecule has 0 saturated carbocycles. The molecule has 0 aliphatic heterocycles. The molecule has 2 aromatic carbocycles. The van der Waals surface area contributed by atoms with Crippen molar-refractivity contribution in [3.8, 4) is 11.5 Å². The van der Waals surface area contributed by atoms with Gasteiger partial charge in [0, 0.05) is 23.0 Å². The monoisotopic (exact) mass is 514 g/mol. The van der Waals surface area contributed by atoms with E-state index in [4.69, 9.17) is 11.5 Å². The number of hydrogen-bond acceptors (Lipinski definition) is 4. The summed E-state index contributed by atoms with van der Waals surface area (Å²) in [5.74, 6) is -1.28. The number of alkyl halides is 6. The van der Waals surface area contributed by atoms with E-state index in [1.54, 1.807) is 12.1 Å². The van der Waals surface area contributed by atoms with Crippen LogP contribution in [0, 0.1) is 5.92 Å². The third-order valence-electron chi connectivity index (χ3n) is 8.01. The summed E-state index contributed by atoms with van der Waals surface area (Å²) in [6.07, 6.45) is -8.86. The first-order valence-electron chi connectivity index (χ1n) is 11.4. The van der Waals surface area contributed by atoms with Crippen LogP contribution in [0.1, 0.15) is 34.6 Å². The zero-order chi connectivity index (χ0) is 26.3. The zero-order valence-corrected chi connectivity index (χ0v) is 18.6. The first-order valence-corrected chi connectivity index (χ1v) is 11.4. The van der Waals surface area contributed by atoms with E-state index in [2.05, 4.69) is 0 Å². The van der Waals surface area contributed by atoms with E-state index in [-0.39, 0.29) is 40.8 Å². The summed E-state index contributed by atoms with van der Waals surface area (Å²) in [5.41, 5.74) is 13.0. The predicted octanol–water partition coefficient (Wildman–Crippen LogP) is 6.36. The second-order valence-electron chi connectivity index (χ2n) is 9.72. The summed E-state index contributed by atoms with van der Waals surface area (Å²) in [6, 6.07) is 6.39. The number of fused-ring (bicyclic) bond motifs is 12. The van der Waals surface area contributed by atoms with Gasteiger partial charge in [0.15, 0.2) is 0 Å². The largest absolute Gasteiger partial charge is 0.505 e. The van der Waals surface area contributed by atoms with Crippen molar-refractivity contribution in [1.82, 2.24) is 0 Å². The molecule has 7 rings (SSSR count). The van der Waals surface area contributed by atoms with E-state index in [1.165, 1.54) is 18.2 Å². The Morgan fingerprint density at radius 3 is 2.03 bits per heavy atom. The average molecular weight is 514 g/mol. The topological polar surface area (TPSA) is 92.5 Å². The lowest BCUT2D eigenvalue weighted by Gasteiger charge is -2.56. The fraction of sp³-hybridized carbons (Fsp3) is 0.185. The van der Waals surface area contributed by atoms with Crippen molar-refractivity contribution in [3.05, 3.63) is 86.5 Å². The van der Waals surface area contributed by atoms with Gasteiger partial charge < -0.3 is 21.7 Å². The molecule has 4 nitrogen and oxygen atoms in total. The highest BCUT2D eigenvalue weighted by molar-refractivity contribution is 6.31. The summed E-state index contributed by atoms with van der Waals surface area (Å²) in [4.78, 5) is 0. The molecule has 0 spiro atoms. The fourth-order valence-electron chi connectivity index (χ4n) is 6.68. The van der Waals surface area contributed by atoms with Gasteiger partial charge in [-0.3, -0.25) is 0 Å². The fourth-order valence-corrected chi connectivity index (χ4v) is 6.68. The number of rotatable bonds is 0. The van der Waals surface area contributed by atoms with Crippen LogP contribution < -0.4 is 11.5 Å². The van der Waals surface area contributed by atoms with Gasteiger partial charge in [-0.25, -0.2) is 0 Å². The van der Waals surface area contributed by atoms with Gasteiger partial charge in [0.1, 0.15) is 17.1 Å². The molecule has 6 N–H and O–H groups in total. The van der Waals surface area contributed by atoms with Gasteiger partial charge in [-0.2, -0.15) is 26.3 Å². The minimum atomic E-state index is -5.63. The summed E-state index contributed by atoms with van der Waals surface area (Å²) >= 11 is 0. The highest BCUT2D eigenvalue weighted by Crippen LogP contribution is 2.74. The van der Waals surface area contributed by atoms with Crippen molar-refractivity contribution < 1.29 is 36.6 Å².